The fourth-order valence-electron chi connectivity index (χ4n) is 1.80. The van der Waals surface area contributed by atoms with Crippen molar-refractivity contribution in [1.82, 2.24) is 10.2 Å². The zero-order valence-electron chi connectivity index (χ0n) is 9.83. The first kappa shape index (κ1) is 13.4. The molecule has 7 nitrogen and oxygen atoms in total. The van der Waals surface area contributed by atoms with Gasteiger partial charge in [0.05, 0.1) is 31.8 Å². The minimum Gasteiger partial charge on any atom is -0.480 e. The summed E-state index contributed by atoms with van der Waals surface area (Å²) in [6.45, 7) is 1.90. The second kappa shape index (κ2) is 6.26. The van der Waals surface area contributed by atoms with Gasteiger partial charge in [0.1, 0.15) is 6.04 Å². The van der Waals surface area contributed by atoms with Gasteiger partial charge in [-0.3, -0.25) is 0 Å². The Kier molecular flexibility index (Phi) is 4.67. The number of nitrogens with zero attached hydrogens (tertiary/aromatic N) is 1. The Morgan fingerprint density at radius 2 is 2.28 bits per heavy atom. The molecule has 0 aromatic rings. The second-order valence-corrected chi connectivity index (χ2v) is 5.08. The molecule has 18 heavy (non-hydrogen) atoms. The molecule has 0 radical (unpaired) electrons. The van der Waals surface area contributed by atoms with Gasteiger partial charge < -0.3 is 24.8 Å². The van der Waals surface area contributed by atoms with E-state index in [1.807, 2.05) is 0 Å². The molecule has 2 heterocycles. The molecule has 0 aromatic carbocycles. The van der Waals surface area contributed by atoms with Crippen LogP contribution in [-0.4, -0.2) is 72.1 Å². The molecule has 2 amide bonds. The summed E-state index contributed by atoms with van der Waals surface area (Å²) in [6, 6.07) is -1.10. The van der Waals surface area contributed by atoms with Crippen molar-refractivity contribution >= 4 is 23.8 Å². The molecule has 2 fully saturated rings. The minimum absolute atomic E-state index is 0.152. The van der Waals surface area contributed by atoms with Crippen molar-refractivity contribution in [2.45, 2.75) is 12.1 Å². The molecule has 0 bridgehead atoms. The highest BCUT2D eigenvalue weighted by molar-refractivity contribution is 7.99. The van der Waals surface area contributed by atoms with Crippen LogP contribution in [0.25, 0.3) is 0 Å². The first-order valence-electron chi connectivity index (χ1n) is 5.73. The van der Waals surface area contributed by atoms with Gasteiger partial charge in [0.25, 0.3) is 0 Å². The number of carbonyl (C=O) groups is 2. The van der Waals surface area contributed by atoms with Crippen LogP contribution >= 0.6 is 11.8 Å². The van der Waals surface area contributed by atoms with Gasteiger partial charge in [-0.25, -0.2) is 9.59 Å². The van der Waals surface area contributed by atoms with E-state index in [1.54, 1.807) is 0 Å². The summed E-state index contributed by atoms with van der Waals surface area (Å²) in [4.78, 5) is 24.1. The van der Waals surface area contributed by atoms with Crippen LogP contribution < -0.4 is 5.32 Å². The van der Waals surface area contributed by atoms with E-state index in [2.05, 4.69) is 5.32 Å². The van der Waals surface area contributed by atoms with Gasteiger partial charge in [0, 0.05) is 12.3 Å². The number of ether oxygens (including phenoxy) is 2. The molecule has 2 rings (SSSR count). The van der Waals surface area contributed by atoms with E-state index in [-0.39, 0.29) is 12.1 Å². The molecule has 2 aliphatic heterocycles. The van der Waals surface area contributed by atoms with Gasteiger partial charge in [-0.1, -0.05) is 0 Å². The van der Waals surface area contributed by atoms with Crippen molar-refractivity contribution in [3.05, 3.63) is 0 Å². The normalized spacial score (nSPS) is 28.1. The number of rotatable bonds is 3. The predicted octanol–water partition coefficient (Wildman–Crippen LogP) is -0.429. The molecule has 0 aliphatic carbocycles. The van der Waals surface area contributed by atoms with Crippen molar-refractivity contribution in [2.24, 2.45) is 0 Å². The van der Waals surface area contributed by atoms with Gasteiger partial charge >= 0.3 is 12.0 Å². The van der Waals surface area contributed by atoms with Crippen LogP contribution in [0.1, 0.15) is 0 Å². The Labute approximate surface area is 109 Å². The number of thioether (sulfide) groups is 1. The standard InChI is InChI=1S/C10H16N2O5S/c13-9(14)8-5-18-6-12(8)10(15)11-3-7-4-16-1-2-17-7/h7-8H,1-6H2,(H,11,15)(H,13,14). The van der Waals surface area contributed by atoms with Crippen LogP contribution in [-0.2, 0) is 14.3 Å². The highest BCUT2D eigenvalue weighted by Gasteiger charge is 2.34. The monoisotopic (exact) mass is 276 g/mol. The Bertz CT molecular complexity index is 321. The highest BCUT2D eigenvalue weighted by atomic mass is 32.2. The average Bonchev–Trinajstić information content (AvgIpc) is 2.86. The van der Waals surface area contributed by atoms with Crippen LogP contribution in [0.3, 0.4) is 0 Å². The predicted molar refractivity (Wildman–Crippen MR) is 64.5 cm³/mol. The third-order valence-corrected chi connectivity index (χ3v) is 3.81. The fourth-order valence-corrected chi connectivity index (χ4v) is 2.95. The maximum absolute atomic E-state index is 11.8. The molecule has 0 aromatic heterocycles. The number of urea groups is 1. The van der Waals surface area contributed by atoms with Gasteiger partial charge in [-0.05, 0) is 0 Å². The number of carboxylic acid groups (broad SMARTS) is 1. The zero-order valence-corrected chi connectivity index (χ0v) is 10.6. The van der Waals surface area contributed by atoms with Crippen LogP contribution in [0.2, 0.25) is 0 Å². The van der Waals surface area contributed by atoms with Crippen LogP contribution in [0.5, 0.6) is 0 Å². The quantitative estimate of drug-likeness (QED) is 0.727. The van der Waals surface area contributed by atoms with E-state index < -0.39 is 12.0 Å². The number of hydrogen-bond acceptors (Lipinski definition) is 5. The number of amides is 2. The summed E-state index contributed by atoms with van der Waals surface area (Å²) in [5, 5.41) is 11.7. The summed E-state index contributed by atoms with van der Waals surface area (Å²) in [5.41, 5.74) is 0. The Morgan fingerprint density at radius 3 is 2.94 bits per heavy atom. The van der Waals surface area contributed by atoms with E-state index in [1.165, 1.54) is 16.7 Å². The van der Waals surface area contributed by atoms with Crippen LogP contribution in [0, 0.1) is 0 Å². The summed E-state index contributed by atoms with van der Waals surface area (Å²) in [5.74, 6) is -0.122. The maximum atomic E-state index is 11.8. The fraction of sp³-hybridized carbons (Fsp3) is 0.800. The molecule has 2 unspecified atom stereocenters. The lowest BCUT2D eigenvalue weighted by Gasteiger charge is -2.25. The van der Waals surface area contributed by atoms with Gasteiger partial charge in [0.15, 0.2) is 0 Å². The van der Waals surface area contributed by atoms with Gasteiger partial charge in [-0.2, -0.15) is 0 Å². The topological polar surface area (TPSA) is 88.1 Å². The van der Waals surface area contributed by atoms with Crippen LogP contribution in [0.4, 0.5) is 4.79 Å². The molecule has 8 heteroatoms. The molecule has 2 aliphatic rings. The SMILES string of the molecule is O=C(O)C1CSCN1C(=O)NCC1COCCO1. The maximum Gasteiger partial charge on any atom is 0.327 e. The van der Waals surface area contributed by atoms with Crippen molar-refractivity contribution < 1.29 is 24.2 Å². The summed E-state index contributed by atoms with van der Waals surface area (Å²) in [7, 11) is 0. The molecular weight excluding hydrogens is 260 g/mol. The molecule has 2 N–H and O–H groups in total. The molecule has 0 spiro atoms. The number of hydrogen-bond donors (Lipinski definition) is 2. The van der Waals surface area contributed by atoms with E-state index in [0.29, 0.717) is 38.0 Å². The van der Waals surface area contributed by atoms with Crippen LogP contribution in [0.15, 0.2) is 0 Å². The Hall–Kier alpha value is -0.990. The first-order chi connectivity index (χ1) is 8.68. The molecule has 0 saturated carbocycles. The molecular formula is C10H16N2O5S. The van der Waals surface area contributed by atoms with E-state index in [9.17, 15) is 9.59 Å². The van der Waals surface area contributed by atoms with Crippen molar-refractivity contribution in [3.8, 4) is 0 Å². The van der Waals surface area contributed by atoms with Gasteiger partial charge in [0.2, 0.25) is 0 Å². The highest BCUT2D eigenvalue weighted by Crippen LogP contribution is 2.20. The summed E-state index contributed by atoms with van der Waals surface area (Å²) < 4.78 is 10.6. The molecule has 102 valence electrons. The third-order valence-electron chi connectivity index (χ3n) is 2.79. The van der Waals surface area contributed by atoms with Gasteiger partial charge in [-0.15, -0.1) is 11.8 Å². The first-order valence-corrected chi connectivity index (χ1v) is 6.88. The smallest absolute Gasteiger partial charge is 0.327 e. The Balaban J connectivity index is 1.78. The number of carboxylic acids is 1. The van der Waals surface area contributed by atoms with E-state index in [0.717, 1.165) is 0 Å². The lowest BCUT2D eigenvalue weighted by Crippen LogP contribution is -2.49. The number of nitrogens with one attached hydrogen (secondary N) is 1. The van der Waals surface area contributed by atoms with Crippen molar-refractivity contribution in [1.29, 1.82) is 0 Å². The summed E-state index contributed by atoms with van der Waals surface area (Å²) in [6.07, 6.45) is -0.152. The number of carbonyl (C=O) groups excluding carboxylic acids is 1. The lowest BCUT2D eigenvalue weighted by atomic mass is 10.3. The third kappa shape index (κ3) is 3.27. The number of aliphatic carboxylic acids is 1. The summed E-state index contributed by atoms with van der Waals surface area (Å²) >= 11 is 1.44. The van der Waals surface area contributed by atoms with E-state index in [4.69, 9.17) is 14.6 Å². The molecule has 2 atom stereocenters. The zero-order chi connectivity index (χ0) is 13.0. The average molecular weight is 276 g/mol. The second-order valence-electron chi connectivity index (χ2n) is 4.08. The Morgan fingerprint density at radius 1 is 1.44 bits per heavy atom. The molecule has 2 saturated heterocycles. The van der Waals surface area contributed by atoms with Crippen molar-refractivity contribution in [2.75, 3.05) is 38.0 Å². The lowest BCUT2D eigenvalue weighted by molar-refractivity contribution is -0.140. The van der Waals surface area contributed by atoms with E-state index >= 15 is 0 Å². The van der Waals surface area contributed by atoms with Crippen molar-refractivity contribution in [3.63, 3.8) is 0 Å². The largest absolute Gasteiger partial charge is 0.480 e. The minimum atomic E-state index is -0.965.